The first-order valence-corrected chi connectivity index (χ1v) is 11.7. The van der Waals surface area contributed by atoms with Gasteiger partial charge >= 0.3 is 0 Å². The Bertz CT molecular complexity index is 1490. The van der Waals surface area contributed by atoms with Crippen molar-refractivity contribution in [3.63, 3.8) is 0 Å². The maximum Gasteiger partial charge on any atom is 0.255 e. The van der Waals surface area contributed by atoms with E-state index in [0.29, 0.717) is 41.7 Å². The number of hydrogen-bond acceptors (Lipinski definition) is 10. The molecule has 1 fully saturated rings. The summed E-state index contributed by atoms with van der Waals surface area (Å²) in [6, 6.07) is 7.57. The van der Waals surface area contributed by atoms with E-state index in [2.05, 4.69) is 52.8 Å². The fourth-order valence-corrected chi connectivity index (χ4v) is 4.56. The van der Waals surface area contributed by atoms with E-state index in [9.17, 15) is 4.79 Å². The number of nitrogens with zero attached hydrogens (tertiary/aromatic N) is 9. The summed E-state index contributed by atoms with van der Waals surface area (Å²) in [5.41, 5.74) is 4.27. The smallest absolute Gasteiger partial charge is 0.255 e. The van der Waals surface area contributed by atoms with Gasteiger partial charge in [0.25, 0.3) is 5.91 Å². The molecule has 0 aliphatic carbocycles. The van der Waals surface area contributed by atoms with E-state index >= 15 is 0 Å². The second-order valence-corrected chi connectivity index (χ2v) is 8.94. The Balaban J connectivity index is 1.28. The molecule has 4 aromatic rings. The summed E-state index contributed by atoms with van der Waals surface area (Å²) in [4.78, 5) is 26.1. The molecule has 0 radical (unpaired) electrons. The number of allylic oxidation sites excluding steroid dienone is 1. The largest absolute Gasteiger partial charge is 0.375 e. The number of H-pyrrole nitrogens is 1. The minimum atomic E-state index is -0.212. The van der Waals surface area contributed by atoms with Crippen molar-refractivity contribution in [2.45, 2.75) is 26.5 Å². The number of hydrogen-bond donors (Lipinski definition) is 2. The van der Waals surface area contributed by atoms with Crippen LogP contribution in [0.2, 0.25) is 0 Å². The Labute approximate surface area is 206 Å². The molecule has 2 N–H and O–H groups in total. The summed E-state index contributed by atoms with van der Waals surface area (Å²) in [7, 11) is 1.83. The van der Waals surface area contributed by atoms with Crippen molar-refractivity contribution < 1.29 is 9.53 Å². The van der Waals surface area contributed by atoms with Gasteiger partial charge in [-0.3, -0.25) is 9.89 Å². The van der Waals surface area contributed by atoms with Crippen LogP contribution in [0.5, 0.6) is 0 Å². The van der Waals surface area contributed by atoms with Crippen LogP contribution in [0.25, 0.3) is 22.3 Å². The SMILES string of the molecule is CC1=C(C(=O)Nc2ccc3[nH]nc(-c4cc(N5CCO[C@@H](C)C5)ncn4)c3c2)Cn2nnnc2N1C. The van der Waals surface area contributed by atoms with Crippen molar-refractivity contribution in [3.8, 4) is 11.4 Å². The minimum absolute atomic E-state index is 0.143. The van der Waals surface area contributed by atoms with E-state index in [1.807, 2.05) is 38.2 Å². The molecule has 13 nitrogen and oxygen atoms in total. The maximum absolute atomic E-state index is 13.2. The predicted molar refractivity (Wildman–Crippen MR) is 132 cm³/mol. The molecule has 6 rings (SSSR count). The summed E-state index contributed by atoms with van der Waals surface area (Å²) in [6.07, 6.45) is 1.70. The molecule has 2 aliphatic rings. The standard InChI is InChI=1S/C23H25N11O2/c1-13-10-33(6-7-36-13)20-9-19(24-12-25-20)21-16-8-15(4-5-18(16)27-28-21)26-22(35)17-11-34-23(29-30-31-34)32(3)14(17)2/h4-5,8-9,12-13H,6-7,10-11H2,1-3H3,(H,26,35)(H,27,28)/t13-/m0/s1. The van der Waals surface area contributed by atoms with Crippen molar-refractivity contribution in [1.82, 2.24) is 40.4 Å². The van der Waals surface area contributed by atoms with Crippen LogP contribution in [0.15, 0.2) is 41.9 Å². The number of anilines is 3. The Kier molecular flexibility index (Phi) is 5.33. The van der Waals surface area contributed by atoms with Crippen LogP contribution in [-0.2, 0) is 16.1 Å². The molecule has 5 heterocycles. The van der Waals surface area contributed by atoms with E-state index in [0.717, 1.165) is 35.5 Å². The molecule has 3 aromatic heterocycles. The highest BCUT2D eigenvalue weighted by atomic mass is 16.5. The first kappa shape index (κ1) is 22.1. The zero-order valence-electron chi connectivity index (χ0n) is 20.1. The highest BCUT2D eigenvalue weighted by Gasteiger charge is 2.27. The predicted octanol–water partition coefficient (Wildman–Crippen LogP) is 1.59. The Morgan fingerprint density at radius 1 is 1.25 bits per heavy atom. The van der Waals surface area contributed by atoms with E-state index in [1.54, 1.807) is 15.9 Å². The molecule has 0 spiro atoms. The summed E-state index contributed by atoms with van der Waals surface area (Å²) >= 11 is 0. The number of benzene rings is 1. The van der Waals surface area contributed by atoms with Crippen LogP contribution in [-0.4, -0.2) is 79.1 Å². The van der Waals surface area contributed by atoms with Gasteiger partial charge in [-0.2, -0.15) is 5.10 Å². The van der Waals surface area contributed by atoms with Crippen LogP contribution in [0.1, 0.15) is 13.8 Å². The van der Waals surface area contributed by atoms with Crippen molar-refractivity contribution in [1.29, 1.82) is 0 Å². The average Bonchev–Trinajstić information content (AvgIpc) is 3.53. The number of nitrogens with one attached hydrogen (secondary N) is 2. The number of morpholine rings is 1. The lowest BCUT2D eigenvalue weighted by Gasteiger charge is -2.31. The van der Waals surface area contributed by atoms with Crippen LogP contribution in [0, 0.1) is 0 Å². The summed E-state index contributed by atoms with van der Waals surface area (Å²) in [5, 5.41) is 23.1. The number of aromatic nitrogens is 8. The lowest BCUT2D eigenvalue weighted by atomic mass is 10.1. The lowest BCUT2D eigenvalue weighted by Crippen LogP contribution is -2.41. The number of carbonyl (C=O) groups excluding carboxylic acids is 1. The first-order chi connectivity index (χ1) is 17.5. The number of amides is 1. The van der Waals surface area contributed by atoms with Crippen molar-refractivity contribution in [2.24, 2.45) is 0 Å². The van der Waals surface area contributed by atoms with Crippen LogP contribution < -0.4 is 15.1 Å². The van der Waals surface area contributed by atoms with Gasteiger partial charge in [0.1, 0.15) is 17.8 Å². The summed E-state index contributed by atoms with van der Waals surface area (Å²) in [6.45, 7) is 6.44. The highest BCUT2D eigenvalue weighted by Crippen LogP contribution is 2.30. The van der Waals surface area contributed by atoms with Gasteiger partial charge in [0.05, 0.1) is 36.0 Å². The zero-order chi connectivity index (χ0) is 24.8. The van der Waals surface area contributed by atoms with Crippen molar-refractivity contribution in [2.75, 3.05) is 41.9 Å². The number of fused-ring (bicyclic) bond motifs is 2. The second kappa shape index (κ2) is 8.68. The molecule has 0 bridgehead atoms. The van der Waals surface area contributed by atoms with Gasteiger partial charge in [-0.1, -0.05) is 5.10 Å². The molecule has 1 aromatic carbocycles. The molecule has 1 saturated heterocycles. The topological polar surface area (TPSA) is 143 Å². The quantitative estimate of drug-likeness (QED) is 0.436. The van der Waals surface area contributed by atoms with E-state index < -0.39 is 0 Å². The molecule has 2 aliphatic heterocycles. The molecule has 0 unspecified atom stereocenters. The highest BCUT2D eigenvalue weighted by molar-refractivity contribution is 6.06. The maximum atomic E-state index is 13.2. The third-order valence-corrected chi connectivity index (χ3v) is 6.62. The molecule has 36 heavy (non-hydrogen) atoms. The molecular weight excluding hydrogens is 462 g/mol. The molecule has 1 atom stereocenters. The molecule has 184 valence electrons. The van der Waals surface area contributed by atoms with Gasteiger partial charge in [0, 0.05) is 43.0 Å². The van der Waals surface area contributed by atoms with E-state index in [1.165, 1.54) is 0 Å². The number of tetrazole rings is 1. The van der Waals surface area contributed by atoms with Gasteiger partial charge in [0.15, 0.2) is 0 Å². The number of rotatable bonds is 4. The Morgan fingerprint density at radius 3 is 3.00 bits per heavy atom. The van der Waals surface area contributed by atoms with Gasteiger partial charge in [-0.05, 0) is 42.5 Å². The fourth-order valence-electron chi connectivity index (χ4n) is 4.56. The fraction of sp³-hybridized carbons (Fsp3) is 0.348. The van der Waals surface area contributed by atoms with Crippen LogP contribution in [0.3, 0.4) is 0 Å². The van der Waals surface area contributed by atoms with Crippen LogP contribution in [0.4, 0.5) is 17.5 Å². The van der Waals surface area contributed by atoms with Gasteiger partial charge in [-0.15, -0.1) is 0 Å². The Hall–Kier alpha value is -4.39. The number of ether oxygens (including phenoxy) is 1. The second-order valence-electron chi connectivity index (χ2n) is 8.94. The normalized spacial score (nSPS) is 18.0. The van der Waals surface area contributed by atoms with E-state index in [-0.39, 0.29) is 12.0 Å². The zero-order valence-corrected chi connectivity index (χ0v) is 20.1. The number of carbonyl (C=O) groups is 1. The van der Waals surface area contributed by atoms with E-state index in [4.69, 9.17) is 4.74 Å². The molecule has 1 amide bonds. The average molecular weight is 488 g/mol. The third-order valence-electron chi connectivity index (χ3n) is 6.62. The van der Waals surface area contributed by atoms with Gasteiger partial charge < -0.3 is 19.9 Å². The Morgan fingerprint density at radius 2 is 2.14 bits per heavy atom. The summed E-state index contributed by atoms with van der Waals surface area (Å²) < 4.78 is 7.25. The van der Waals surface area contributed by atoms with Crippen molar-refractivity contribution in [3.05, 3.63) is 41.9 Å². The van der Waals surface area contributed by atoms with Crippen molar-refractivity contribution >= 4 is 34.3 Å². The molecule has 0 saturated carbocycles. The third kappa shape index (κ3) is 3.82. The first-order valence-electron chi connectivity index (χ1n) is 11.7. The number of aromatic amines is 1. The van der Waals surface area contributed by atoms with Gasteiger partial charge in [-0.25, -0.2) is 14.6 Å². The van der Waals surface area contributed by atoms with Gasteiger partial charge in [0.2, 0.25) is 5.95 Å². The monoisotopic (exact) mass is 487 g/mol. The van der Waals surface area contributed by atoms with Crippen LogP contribution >= 0.6 is 0 Å². The minimum Gasteiger partial charge on any atom is -0.375 e. The molecule has 13 heteroatoms. The summed E-state index contributed by atoms with van der Waals surface area (Å²) in [5.74, 6) is 1.22. The lowest BCUT2D eigenvalue weighted by molar-refractivity contribution is -0.113. The molecular formula is C23H25N11O2.